The van der Waals surface area contributed by atoms with Crippen LogP contribution in [-0.2, 0) is 4.79 Å². The van der Waals surface area contributed by atoms with Gasteiger partial charge in [-0.2, -0.15) is 0 Å². The first-order chi connectivity index (χ1) is 14.7. The van der Waals surface area contributed by atoms with Crippen LogP contribution in [-0.4, -0.2) is 25.7 Å². The number of fused-ring (bicyclic) bond motifs is 2. The molecule has 0 aliphatic heterocycles. The first-order valence-corrected chi connectivity index (χ1v) is 10.0. The van der Waals surface area contributed by atoms with E-state index in [1.165, 1.54) is 0 Å². The third kappa shape index (κ3) is 3.62. The summed E-state index contributed by atoms with van der Waals surface area (Å²) in [6, 6.07) is 11.8. The van der Waals surface area contributed by atoms with E-state index in [0.29, 0.717) is 5.92 Å². The maximum Gasteiger partial charge on any atom is 0.185 e. The van der Waals surface area contributed by atoms with Gasteiger partial charge in [0.05, 0.1) is 22.1 Å². The molecule has 5 rings (SSSR count). The molecule has 0 spiro atoms. The van der Waals surface area contributed by atoms with Crippen LogP contribution in [0, 0.1) is 5.92 Å². The van der Waals surface area contributed by atoms with Gasteiger partial charge in [-0.25, -0.2) is 0 Å². The number of rotatable bonds is 2. The highest BCUT2D eigenvalue weighted by Gasteiger charge is 2.25. The van der Waals surface area contributed by atoms with Crippen molar-refractivity contribution in [2.75, 3.05) is 0 Å². The smallest absolute Gasteiger partial charge is 0.185 e. The molecule has 0 bridgehead atoms. The normalized spacial score (nSPS) is 19.8. The lowest BCUT2D eigenvalue weighted by molar-refractivity contribution is -0.113. The van der Waals surface area contributed by atoms with Gasteiger partial charge < -0.3 is 0 Å². The molecule has 5 heteroatoms. The number of benzene rings is 2. The number of nitrogens with zero attached hydrogens (tertiary/aromatic N) is 4. The molecule has 0 unspecified atom stereocenters. The standard InChI is InChI=1S/C25H20N4O/c1-16-10-19(12-17-2-4-21-23(14-17)28-8-6-26-21)25(30)20(11-16)13-18-3-5-22-24(15-18)29-9-7-27-22/h2-9,12-16H,10-11H2,1H3/b19-12+,20-13+. The Morgan fingerprint density at radius 2 is 1.13 bits per heavy atom. The van der Waals surface area contributed by atoms with Crippen LogP contribution in [0.25, 0.3) is 34.2 Å². The van der Waals surface area contributed by atoms with Crippen molar-refractivity contribution in [3.8, 4) is 0 Å². The largest absolute Gasteiger partial charge is 0.289 e. The Morgan fingerprint density at radius 3 is 1.60 bits per heavy atom. The zero-order valence-electron chi connectivity index (χ0n) is 16.6. The lowest BCUT2D eigenvalue weighted by Gasteiger charge is -2.22. The predicted molar refractivity (Wildman–Crippen MR) is 118 cm³/mol. The van der Waals surface area contributed by atoms with E-state index in [1.807, 2.05) is 48.6 Å². The SMILES string of the molecule is CC1C/C(=C\c2ccc3nccnc3c2)C(=O)/C(=C/c2ccc3nccnc3c2)C1. The van der Waals surface area contributed by atoms with E-state index in [0.717, 1.165) is 57.2 Å². The molecule has 2 aromatic heterocycles. The van der Waals surface area contributed by atoms with Crippen LogP contribution in [0.5, 0.6) is 0 Å². The quantitative estimate of drug-likeness (QED) is 0.447. The van der Waals surface area contributed by atoms with Gasteiger partial charge in [-0.3, -0.25) is 24.7 Å². The fourth-order valence-corrected chi connectivity index (χ4v) is 4.01. The molecule has 5 nitrogen and oxygen atoms in total. The Bertz CT molecular complexity index is 1240. The van der Waals surface area contributed by atoms with E-state index in [4.69, 9.17) is 0 Å². The van der Waals surface area contributed by atoms with Gasteiger partial charge in [0.2, 0.25) is 0 Å². The summed E-state index contributed by atoms with van der Waals surface area (Å²) >= 11 is 0. The molecule has 4 aromatic rings. The van der Waals surface area contributed by atoms with Gasteiger partial charge in [-0.05, 0) is 66.3 Å². The van der Waals surface area contributed by atoms with Gasteiger partial charge in [0.1, 0.15) is 0 Å². The monoisotopic (exact) mass is 392 g/mol. The second-order valence-corrected chi connectivity index (χ2v) is 7.79. The van der Waals surface area contributed by atoms with Crippen molar-refractivity contribution in [3.05, 3.63) is 83.5 Å². The zero-order valence-corrected chi connectivity index (χ0v) is 16.6. The van der Waals surface area contributed by atoms with Crippen LogP contribution in [0.1, 0.15) is 30.9 Å². The molecule has 1 aliphatic carbocycles. The zero-order chi connectivity index (χ0) is 20.5. The van der Waals surface area contributed by atoms with Crippen LogP contribution in [0.15, 0.2) is 72.3 Å². The number of hydrogen-bond acceptors (Lipinski definition) is 5. The topological polar surface area (TPSA) is 68.6 Å². The summed E-state index contributed by atoms with van der Waals surface area (Å²) in [5, 5.41) is 0. The fraction of sp³-hybridized carbons (Fsp3) is 0.160. The van der Waals surface area contributed by atoms with Crippen molar-refractivity contribution in [2.24, 2.45) is 5.92 Å². The molecule has 0 N–H and O–H groups in total. The van der Waals surface area contributed by atoms with Crippen molar-refractivity contribution < 1.29 is 4.79 Å². The highest BCUT2D eigenvalue weighted by atomic mass is 16.1. The van der Waals surface area contributed by atoms with Crippen molar-refractivity contribution in [2.45, 2.75) is 19.8 Å². The van der Waals surface area contributed by atoms with Crippen LogP contribution in [0.4, 0.5) is 0 Å². The Labute approximate surface area is 174 Å². The molecular weight excluding hydrogens is 372 g/mol. The third-order valence-corrected chi connectivity index (χ3v) is 5.39. The second kappa shape index (κ2) is 7.59. The molecule has 1 aliphatic rings. The van der Waals surface area contributed by atoms with E-state index < -0.39 is 0 Å². The van der Waals surface area contributed by atoms with Crippen molar-refractivity contribution in [3.63, 3.8) is 0 Å². The minimum atomic E-state index is 0.117. The summed E-state index contributed by atoms with van der Waals surface area (Å²) in [4.78, 5) is 30.6. The fourth-order valence-electron chi connectivity index (χ4n) is 4.01. The molecule has 146 valence electrons. The van der Waals surface area contributed by atoms with Crippen molar-refractivity contribution in [1.29, 1.82) is 0 Å². The Balaban J connectivity index is 1.50. The molecule has 0 atom stereocenters. The number of carbonyl (C=O) groups is 1. The van der Waals surface area contributed by atoms with Gasteiger partial charge in [-0.15, -0.1) is 0 Å². The summed E-state index contributed by atoms with van der Waals surface area (Å²) < 4.78 is 0. The van der Waals surface area contributed by atoms with E-state index in [-0.39, 0.29) is 5.78 Å². The summed E-state index contributed by atoms with van der Waals surface area (Å²) in [6.07, 6.45) is 12.3. The van der Waals surface area contributed by atoms with E-state index in [2.05, 4.69) is 26.9 Å². The maximum absolute atomic E-state index is 13.2. The van der Waals surface area contributed by atoms with E-state index in [1.54, 1.807) is 24.8 Å². The molecule has 1 fully saturated rings. The molecule has 30 heavy (non-hydrogen) atoms. The minimum Gasteiger partial charge on any atom is -0.289 e. The third-order valence-electron chi connectivity index (χ3n) is 5.39. The summed E-state index contributed by atoms with van der Waals surface area (Å²) in [7, 11) is 0. The van der Waals surface area contributed by atoms with Crippen LogP contribution >= 0.6 is 0 Å². The number of hydrogen-bond donors (Lipinski definition) is 0. The number of carbonyl (C=O) groups excluding carboxylic acids is 1. The minimum absolute atomic E-state index is 0.117. The van der Waals surface area contributed by atoms with Gasteiger partial charge in [-0.1, -0.05) is 19.1 Å². The molecule has 2 aromatic carbocycles. The second-order valence-electron chi connectivity index (χ2n) is 7.79. The average Bonchev–Trinajstić information content (AvgIpc) is 2.77. The first kappa shape index (κ1) is 18.3. The van der Waals surface area contributed by atoms with Crippen LogP contribution in [0.2, 0.25) is 0 Å². The van der Waals surface area contributed by atoms with Gasteiger partial charge in [0.15, 0.2) is 5.78 Å². The van der Waals surface area contributed by atoms with Gasteiger partial charge in [0.25, 0.3) is 0 Å². The first-order valence-electron chi connectivity index (χ1n) is 10.0. The number of allylic oxidation sites excluding steroid dienone is 2. The highest BCUT2D eigenvalue weighted by Crippen LogP contribution is 2.32. The van der Waals surface area contributed by atoms with E-state index in [9.17, 15) is 4.79 Å². The Hall–Kier alpha value is -3.73. The predicted octanol–water partition coefficient (Wildman–Crippen LogP) is 5.04. The Morgan fingerprint density at radius 1 is 0.700 bits per heavy atom. The van der Waals surface area contributed by atoms with Crippen LogP contribution in [0.3, 0.4) is 0 Å². The molecular formula is C25H20N4O. The number of ketones is 1. The van der Waals surface area contributed by atoms with Gasteiger partial charge in [0, 0.05) is 35.9 Å². The summed E-state index contributed by atoms with van der Waals surface area (Å²) in [5.74, 6) is 0.521. The summed E-state index contributed by atoms with van der Waals surface area (Å²) in [6.45, 7) is 2.19. The lowest BCUT2D eigenvalue weighted by Crippen LogP contribution is -2.18. The van der Waals surface area contributed by atoms with Gasteiger partial charge >= 0.3 is 0 Å². The molecule has 0 saturated heterocycles. The number of Topliss-reactive ketones (excluding diaryl/α,β-unsaturated/α-hetero) is 1. The maximum atomic E-state index is 13.2. The van der Waals surface area contributed by atoms with Crippen molar-refractivity contribution in [1.82, 2.24) is 19.9 Å². The number of aromatic nitrogens is 4. The molecule has 2 heterocycles. The summed E-state index contributed by atoms with van der Waals surface area (Å²) in [5.41, 5.74) is 6.98. The highest BCUT2D eigenvalue weighted by molar-refractivity contribution is 6.14. The molecule has 0 amide bonds. The molecule has 0 radical (unpaired) electrons. The van der Waals surface area contributed by atoms with Crippen molar-refractivity contribution >= 4 is 40.0 Å². The lowest BCUT2D eigenvalue weighted by atomic mass is 9.81. The Kier molecular flexibility index (Phi) is 4.64. The van der Waals surface area contributed by atoms with Crippen LogP contribution < -0.4 is 0 Å². The van der Waals surface area contributed by atoms with E-state index >= 15 is 0 Å². The average molecular weight is 392 g/mol. The molecule has 1 saturated carbocycles.